The van der Waals surface area contributed by atoms with Gasteiger partial charge in [-0.15, -0.1) is 0 Å². The van der Waals surface area contributed by atoms with Crippen LogP contribution in [0.5, 0.6) is 5.75 Å². The van der Waals surface area contributed by atoms with E-state index in [2.05, 4.69) is 5.32 Å². The van der Waals surface area contributed by atoms with E-state index in [1.807, 2.05) is 62.4 Å². The number of carbonyl (C=O) groups is 2. The average molecular weight is 327 g/mol. The highest BCUT2D eigenvalue weighted by Gasteiger charge is 2.20. The first-order valence-electron chi connectivity index (χ1n) is 7.72. The first-order chi connectivity index (χ1) is 11.5. The van der Waals surface area contributed by atoms with Gasteiger partial charge in [-0.1, -0.05) is 42.5 Å². The van der Waals surface area contributed by atoms with Gasteiger partial charge in [-0.3, -0.25) is 4.79 Å². The van der Waals surface area contributed by atoms with E-state index < -0.39 is 17.9 Å². The van der Waals surface area contributed by atoms with Crippen LogP contribution in [0.1, 0.15) is 16.7 Å². The topological polar surface area (TPSA) is 75.6 Å². The molecule has 1 atom stereocenters. The number of amides is 1. The summed E-state index contributed by atoms with van der Waals surface area (Å²) < 4.78 is 5.51. The van der Waals surface area contributed by atoms with Crippen molar-refractivity contribution in [2.45, 2.75) is 26.3 Å². The van der Waals surface area contributed by atoms with Gasteiger partial charge in [0, 0.05) is 6.42 Å². The molecule has 0 aliphatic carbocycles. The van der Waals surface area contributed by atoms with Gasteiger partial charge in [-0.25, -0.2) is 4.79 Å². The second-order valence-electron chi connectivity index (χ2n) is 5.71. The van der Waals surface area contributed by atoms with Crippen molar-refractivity contribution in [1.29, 1.82) is 0 Å². The van der Waals surface area contributed by atoms with Crippen LogP contribution in [0.4, 0.5) is 0 Å². The Morgan fingerprint density at radius 1 is 1.12 bits per heavy atom. The number of carboxylic acids is 1. The Morgan fingerprint density at radius 3 is 2.50 bits per heavy atom. The van der Waals surface area contributed by atoms with Crippen LogP contribution in [0.15, 0.2) is 48.5 Å². The molecule has 2 rings (SSSR count). The summed E-state index contributed by atoms with van der Waals surface area (Å²) >= 11 is 0. The van der Waals surface area contributed by atoms with Crippen LogP contribution in [0, 0.1) is 13.8 Å². The van der Waals surface area contributed by atoms with E-state index in [9.17, 15) is 14.7 Å². The number of benzene rings is 2. The highest BCUT2D eigenvalue weighted by molar-refractivity contribution is 5.84. The Morgan fingerprint density at radius 2 is 1.83 bits per heavy atom. The summed E-state index contributed by atoms with van der Waals surface area (Å²) in [7, 11) is 0. The zero-order valence-electron chi connectivity index (χ0n) is 13.8. The molecule has 0 saturated carbocycles. The second-order valence-corrected chi connectivity index (χ2v) is 5.71. The molecule has 0 aliphatic heterocycles. The maximum absolute atomic E-state index is 12.0. The van der Waals surface area contributed by atoms with Gasteiger partial charge >= 0.3 is 5.97 Å². The molecule has 5 heteroatoms. The molecule has 2 aromatic carbocycles. The lowest BCUT2D eigenvalue weighted by molar-refractivity contribution is -0.142. The lowest BCUT2D eigenvalue weighted by atomic mass is 10.1. The predicted molar refractivity (Wildman–Crippen MR) is 91.1 cm³/mol. The smallest absolute Gasteiger partial charge is 0.326 e. The first-order valence-corrected chi connectivity index (χ1v) is 7.72. The molecule has 0 saturated heterocycles. The molecule has 24 heavy (non-hydrogen) atoms. The van der Waals surface area contributed by atoms with Crippen LogP contribution >= 0.6 is 0 Å². The van der Waals surface area contributed by atoms with Crippen molar-refractivity contribution >= 4 is 11.9 Å². The monoisotopic (exact) mass is 327 g/mol. The Hall–Kier alpha value is -2.82. The minimum Gasteiger partial charge on any atom is -0.483 e. The summed E-state index contributed by atoms with van der Waals surface area (Å²) in [6.07, 6.45) is 0.228. The highest BCUT2D eigenvalue weighted by Crippen LogP contribution is 2.18. The first kappa shape index (κ1) is 17.5. The summed E-state index contributed by atoms with van der Waals surface area (Å²) in [4.78, 5) is 23.4. The summed E-state index contributed by atoms with van der Waals surface area (Å²) in [6, 6.07) is 13.9. The highest BCUT2D eigenvalue weighted by atomic mass is 16.5. The minimum absolute atomic E-state index is 0.219. The molecule has 0 bridgehead atoms. The van der Waals surface area contributed by atoms with Crippen molar-refractivity contribution < 1.29 is 19.4 Å². The molecule has 1 amide bonds. The summed E-state index contributed by atoms with van der Waals surface area (Å²) in [5.41, 5.74) is 2.80. The minimum atomic E-state index is -1.07. The van der Waals surface area contributed by atoms with Crippen LogP contribution in [-0.2, 0) is 16.0 Å². The zero-order valence-corrected chi connectivity index (χ0v) is 13.8. The molecule has 0 spiro atoms. The summed E-state index contributed by atoms with van der Waals surface area (Å²) in [6.45, 7) is 3.61. The number of aryl methyl sites for hydroxylation is 2. The van der Waals surface area contributed by atoms with E-state index in [1.54, 1.807) is 0 Å². The third-order valence-corrected chi connectivity index (χ3v) is 3.62. The standard InChI is InChI=1S/C19H21NO4/c1-13-8-9-14(2)17(10-13)24-12-18(21)20-16(19(22)23)11-15-6-4-3-5-7-15/h3-10,16H,11-12H2,1-2H3,(H,20,21)(H,22,23)/t16-/m0/s1. The van der Waals surface area contributed by atoms with Crippen LogP contribution in [-0.4, -0.2) is 29.6 Å². The maximum atomic E-state index is 12.0. The van der Waals surface area contributed by atoms with Gasteiger partial charge in [-0.2, -0.15) is 0 Å². The Labute approximate surface area is 141 Å². The van der Waals surface area contributed by atoms with Crippen molar-refractivity contribution in [3.8, 4) is 5.75 Å². The van der Waals surface area contributed by atoms with Gasteiger partial charge in [0.25, 0.3) is 5.91 Å². The van der Waals surface area contributed by atoms with E-state index in [4.69, 9.17) is 4.74 Å². The number of ether oxygens (including phenoxy) is 1. The molecular formula is C19H21NO4. The van der Waals surface area contributed by atoms with E-state index in [0.29, 0.717) is 5.75 Å². The van der Waals surface area contributed by atoms with Crippen LogP contribution < -0.4 is 10.1 Å². The summed E-state index contributed by atoms with van der Waals surface area (Å²) in [5.74, 6) is -0.904. The van der Waals surface area contributed by atoms with Crippen molar-refractivity contribution in [2.75, 3.05) is 6.61 Å². The lowest BCUT2D eigenvalue weighted by Gasteiger charge is -2.15. The Balaban J connectivity index is 1.93. The zero-order chi connectivity index (χ0) is 17.5. The van der Waals surface area contributed by atoms with Gasteiger partial charge in [0.15, 0.2) is 6.61 Å². The molecule has 0 unspecified atom stereocenters. The van der Waals surface area contributed by atoms with Gasteiger partial charge in [0.2, 0.25) is 0 Å². The number of hydrogen-bond donors (Lipinski definition) is 2. The molecular weight excluding hydrogens is 306 g/mol. The number of aliphatic carboxylic acids is 1. The molecule has 0 aliphatic rings. The van der Waals surface area contributed by atoms with Crippen molar-refractivity contribution in [3.63, 3.8) is 0 Å². The second kappa shape index (κ2) is 8.15. The van der Waals surface area contributed by atoms with Gasteiger partial charge in [0.1, 0.15) is 11.8 Å². The normalized spacial score (nSPS) is 11.6. The van der Waals surface area contributed by atoms with E-state index >= 15 is 0 Å². The van der Waals surface area contributed by atoms with Crippen molar-refractivity contribution in [3.05, 3.63) is 65.2 Å². The largest absolute Gasteiger partial charge is 0.483 e. The fourth-order valence-corrected chi connectivity index (χ4v) is 2.29. The predicted octanol–water partition coefficient (Wildman–Crippen LogP) is 2.49. The Bertz CT molecular complexity index is 713. The van der Waals surface area contributed by atoms with Crippen molar-refractivity contribution in [2.24, 2.45) is 0 Å². The van der Waals surface area contributed by atoms with E-state index in [-0.39, 0.29) is 13.0 Å². The van der Waals surface area contributed by atoms with Crippen molar-refractivity contribution in [1.82, 2.24) is 5.32 Å². The number of nitrogens with one attached hydrogen (secondary N) is 1. The van der Waals surface area contributed by atoms with Crippen LogP contribution in [0.3, 0.4) is 0 Å². The molecule has 2 aromatic rings. The third-order valence-electron chi connectivity index (χ3n) is 3.62. The Kier molecular flexibility index (Phi) is 5.95. The number of hydrogen-bond acceptors (Lipinski definition) is 3. The van der Waals surface area contributed by atoms with Gasteiger partial charge in [-0.05, 0) is 36.6 Å². The fraction of sp³-hybridized carbons (Fsp3) is 0.263. The van der Waals surface area contributed by atoms with Crippen LogP contribution in [0.25, 0.3) is 0 Å². The van der Waals surface area contributed by atoms with E-state index in [1.165, 1.54) is 0 Å². The lowest BCUT2D eigenvalue weighted by Crippen LogP contribution is -2.44. The summed E-state index contributed by atoms with van der Waals surface area (Å²) in [5, 5.41) is 11.8. The molecule has 2 N–H and O–H groups in total. The molecule has 5 nitrogen and oxygen atoms in total. The SMILES string of the molecule is Cc1ccc(C)c(OCC(=O)N[C@@H](Cc2ccccc2)C(=O)O)c1. The molecule has 0 heterocycles. The van der Waals surface area contributed by atoms with Crippen LogP contribution in [0.2, 0.25) is 0 Å². The fourth-order valence-electron chi connectivity index (χ4n) is 2.29. The molecule has 0 aromatic heterocycles. The third kappa shape index (κ3) is 5.12. The molecule has 0 fully saturated rings. The number of carboxylic acid groups (broad SMARTS) is 1. The van der Waals surface area contributed by atoms with E-state index in [0.717, 1.165) is 16.7 Å². The molecule has 0 radical (unpaired) electrons. The quantitative estimate of drug-likeness (QED) is 0.819. The average Bonchev–Trinajstić information content (AvgIpc) is 2.56. The van der Waals surface area contributed by atoms with Gasteiger partial charge in [0.05, 0.1) is 0 Å². The number of carbonyl (C=O) groups excluding carboxylic acids is 1. The van der Waals surface area contributed by atoms with Gasteiger partial charge < -0.3 is 15.2 Å². The maximum Gasteiger partial charge on any atom is 0.326 e. The number of rotatable bonds is 7. The molecule has 126 valence electrons.